The molecular formula is C10H14F3NO2. The summed E-state index contributed by atoms with van der Waals surface area (Å²) in [5, 5.41) is 7.12. The summed E-state index contributed by atoms with van der Waals surface area (Å²) in [4.78, 5) is 11.2. The molecule has 0 atom stereocenters. The van der Waals surface area contributed by atoms with Crippen LogP contribution in [0.1, 0.15) is 13.3 Å². The van der Waals surface area contributed by atoms with Gasteiger partial charge in [0.2, 0.25) is 0 Å². The molecule has 1 aliphatic heterocycles. The lowest BCUT2D eigenvalue weighted by Gasteiger charge is -2.18. The normalized spacial score (nSPS) is 14.4. The molecule has 0 spiro atoms. The smallest absolute Gasteiger partial charge is 0.475 e. The quantitative estimate of drug-likeness (QED) is 0.801. The van der Waals surface area contributed by atoms with Crippen molar-refractivity contribution in [1.82, 2.24) is 4.90 Å². The SMILES string of the molecule is CCCN1C=CC=CC1.O=C(O)C(F)(F)F. The van der Waals surface area contributed by atoms with Gasteiger partial charge in [-0.05, 0) is 18.7 Å². The van der Waals surface area contributed by atoms with Crippen LogP contribution in [-0.2, 0) is 4.79 Å². The molecule has 1 heterocycles. The zero-order valence-corrected chi connectivity index (χ0v) is 8.87. The van der Waals surface area contributed by atoms with E-state index in [1.165, 1.54) is 13.0 Å². The Kier molecular flexibility index (Phi) is 6.29. The Labute approximate surface area is 91.9 Å². The highest BCUT2D eigenvalue weighted by molar-refractivity contribution is 5.73. The van der Waals surface area contributed by atoms with Gasteiger partial charge < -0.3 is 10.0 Å². The van der Waals surface area contributed by atoms with Crippen LogP contribution in [0.3, 0.4) is 0 Å². The first-order valence-electron chi connectivity index (χ1n) is 4.75. The second-order valence-electron chi connectivity index (χ2n) is 3.07. The average Bonchev–Trinajstić information content (AvgIpc) is 2.19. The number of alkyl halides is 3. The van der Waals surface area contributed by atoms with E-state index < -0.39 is 12.1 Å². The van der Waals surface area contributed by atoms with Gasteiger partial charge in [-0.3, -0.25) is 0 Å². The molecule has 0 aromatic carbocycles. The maximum Gasteiger partial charge on any atom is 0.490 e. The fourth-order valence-corrected chi connectivity index (χ4v) is 0.960. The van der Waals surface area contributed by atoms with Gasteiger partial charge in [-0.2, -0.15) is 13.2 Å². The van der Waals surface area contributed by atoms with E-state index in [2.05, 4.69) is 36.3 Å². The number of allylic oxidation sites excluding steroid dienone is 2. The molecule has 0 fully saturated rings. The van der Waals surface area contributed by atoms with Gasteiger partial charge in [-0.25, -0.2) is 4.79 Å². The molecule has 0 saturated heterocycles. The minimum absolute atomic E-state index is 1.09. The van der Waals surface area contributed by atoms with Crippen molar-refractivity contribution >= 4 is 5.97 Å². The summed E-state index contributed by atoms with van der Waals surface area (Å²) in [6.07, 6.45) is 4.64. The molecule has 0 bridgehead atoms. The topological polar surface area (TPSA) is 40.5 Å². The van der Waals surface area contributed by atoms with Crippen LogP contribution in [-0.4, -0.2) is 35.2 Å². The number of carboxylic acid groups (broad SMARTS) is 1. The van der Waals surface area contributed by atoms with Gasteiger partial charge in [-0.1, -0.05) is 19.1 Å². The highest BCUT2D eigenvalue weighted by Crippen LogP contribution is 2.13. The fourth-order valence-electron chi connectivity index (χ4n) is 0.960. The molecule has 92 valence electrons. The lowest BCUT2D eigenvalue weighted by molar-refractivity contribution is -0.192. The lowest BCUT2D eigenvalue weighted by atomic mass is 10.3. The standard InChI is InChI=1S/C8H13N.C2HF3O2/c1-2-6-9-7-4-3-5-8-9;3-2(4,5)1(6)7/h3-5,7H,2,6,8H2,1H3;(H,6,7). The average molecular weight is 237 g/mol. The predicted molar refractivity (Wildman–Crippen MR) is 53.8 cm³/mol. The number of nitrogens with zero attached hydrogens (tertiary/aromatic N) is 1. The van der Waals surface area contributed by atoms with Gasteiger partial charge in [0.15, 0.2) is 0 Å². The summed E-state index contributed by atoms with van der Waals surface area (Å²) in [7, 11) is 0. The number of hydrogen-bond donors (Lipinski definition) is 1. The van der Waals surface area contributed by atoms with Gasteiger partial charge in [-0.15, -0.1) is 0 Å². The molecule has 1 rings (SSSR count). The van der Waals surface area contributed by atoms with Crippen molar-refractivity contribution in [3.8, 4) is 0 Å². The first kappa shape index (κ1) is 14.5. The van der Waals surface area contributed by atoms with E-state index in [0.29, 0.717) is 0 Å². The molecule has 0 aromatic heterocycles. The summed E-state index contributed by atoms with van der Waals surface area (Å²) in [5.41, 5.74) is 0. The van der Waals surface area contributed by atoms with Gasteiger partial charge in [0.05, 0.1) is 0 Å². The zero-order valence-electron chi connectivity index (χ0n) is 8.87. The molecule has 1 aliphatic rings. The van der Waals surface area contributed by atoms with Crippen LogP contribution in [0, 0.1) is 0 Å². The number of rotatable bonds is 2. The fraction of sp³-hybridized carbons (Fsp3) is 0.500. The Balaban J connectivity index is 0.000000293. The summed E-state index contributed by atoms with van der Waals surface area (Å²) in [6, 6.07) is 0. The Morgan fingerprint density at radius 2 is 2.00 bits per heavy atom. The lowest BCUT2D eigenvalue weighted by Crippen LogP contribution is -2.21. The largest absolute Gasteiger partial charge is 0.490 e. The summed E-state index contributed by atoms with van der Waals surface area (Å²) >= 11 is 0. The number of aliphatic carboxylic acids is 1. The second-order valence-corrected chi connectivity index (χ2v) is 3.07. The highest BCUT2D eigenvalue weighted by Gasteiger charge is 2.38. The van der Waals surface area contributed by atoms with Crippen LogP contribution in [0.15, 0.2) is 24.4 Å². The highest BCUT2D eigenvalue weighted by atomic mass is 19.4. The van der Waals surface area contributed by atoms with Gasteiger partial charge in [0, 0.05) is 13.1 Å². The minimum atomic E-state index is -5.08. The van der Waals surface area contributed by atoms with Gasteiger partial charge in [0.1, 0.15) is 0 Å². The van der Waals surface area contributed by atoms with Crippen LogP contribution in [0.25, 0.3) is 0 Å². The van der Waals surface area contributed by atoms with Crippen molar-refractivity contribution in [3.63, 3.8) is 0 Å². The Bertz CT molecular complexity index is 272. The van der Waals surface area contributed by atoms with Crippen molar-refractivity contribution in [2.75, 3.05) is 13.1 Å². The Morgan fingerprint density at radius 3 is 2.31 bits per heavy atom. The van der Waals surface area contributed by atoms with Crippen molar-refractivity contribution < 1.29 is 23.1 Å². The third kappa shape index (κ3) is 6.92. The molecule has 0 saturated carbocycles. The maximum absolute atomic E-state index is 10.6. The zero-order chi connectivity index (χ0) is 12.6. The molecule has 0 radical (unpaired) electrons. The van der Waals surface area contributed by atoms with Crippen molar-refractivity contribution in [2.45, 2.75) is 19.5 Å². The van der Waals surface area contributed by atoms with E-state index in [9.17, 15) is 13.2 Å². The van der Waals surface area contributed by atoms with Gasteiger partial charge >= 0.3 is 12.1 Å². The van der Waals surface area contributed by atoms with Crippen LogP contribution in [0.2, 0.25) is 0 Å². The van der Waals surface area contributed by atoms with Crippen molar-refractivity contribution in [3.05, 3.63) is 24.4 Å². The van der Waals surface area contributed by atoms with Crippen molar-refractivity contribution in [2.24, 2.45) is 0 Å². The van der Waals surface area contributed by atoms with E-state index in [-0.39, 0.29) is 0 Å². The number of hydrogen-bond acceptors (Lipinski definition) is 2. The molecule has 1 N–H and O–H groups in total. The minimum Gasteiger partial charge on any atom is -0.475 e. The summed E-state index contributed by atoms with van der Waals surface area (Å²) < 4.78 is 31.7. The molecule has 0 amide bonds. The maximum atomic E-state index is 10.6. The molecule has 0 aliphatic carbocycles. The van der Waals surface area contributed by atoms with E-state index in [0.717, 1.165) is 6.54 Å². The first-order valence-corrected chi connectivity index (χ1v) is 4.75. The molecular weight excluding hydrogens is 223 g/mol. The van der Waals surface area contributed by atoms with Crippen LogP contribution < -0.4 is 0 Å². The van der Waals surface area contributed by atoms with Crippen LogP contribution in [0.5, 0.6) is 0 Å². The third-order valence-electron chi connectivity index (χ3n) is 1.64. The molecule has 16 heavy (non-hydrogen) atoms. The first-order chi connectivity index (χ1) is 7.38. The molecule has 0 unspecified atom stereocenters. The van der Waals surface area contributed by atoms with E-state index in [4.69, 9.17) is 9.90 Å². The van der Waals surface area contributed by atoms with E-state index in [1.807, 2.05) is 0 Å². The Hall–Kier alpha value is -1.46. The predicted octanol–water partition coefficient (Wildman–Crippen LogP) is 2.42. The summed E-state index contributed by atoms with van der Waals surface area (Å²) in [5.74, 6) is -2.76. The van der Waals surface area contributed by atoms with Gasteiger partial charge in [0.25, 0.3) is 0 Å². The number of halogens is 3. The molecule has 3 nitrogen and oxygen atoms in total. The monoisotopic (exact) mass is 237 g/mol. The second kappa shape index (κ2) is 6.92. The molecule has 0 aromatic rings. The molecule has 6 heteroatoms. The number of carbonyl (C=O) groups is 1. The van der Waals surface area contributed by atoms with E-state index in [1.54, 1.807) is 0 Å². The van der Waals surface area contributed by atoms with Crippen LogP contribution in [0.4, 0.5) is 13.2 Å². The third-order valence-corrected chi connectivity index (χ3v) is 1.64. The Morgan fingerprint density at radius 1 is 1.44 bits per heavy atom. The summed E-state index contributed by atoms with van der Waals surface area (Å²) in [6.45, 7) is 4.47. The van der Waals surface area contributed by atoms with E-state index >= 15 is 0 Å². The number of carboxylic acids is 1. The van der Waals surface area contributed by atoms with Crippen molar-refractivity contribution in [1.29, 1.82) is 0 Å². The van der Waals surface area contributed by atoms with Crippen LogP contribution >= 0.6 is 0 Å².